The van der Waals surface area contributed by atoms with E-state index < -0.39 is 0 Å². The van der Waals surface area contributed by atoms with Gasteiger partial charge in [-0.2, -0.15) is 0 Å². The van der Waals surface area contributed by atoms with Crippen molar-refractivity contribution in [3.05, 3.63) is 40.9 Å². The maximum atomic E-state index is 5.28. The summed E-state index contributed by atoms with van der Waals surface area (Å²) in [7, 11) is 0. The number of hydrogen-bond acceptors (Lipinski definition) is 5. The van der Waals surface area contributed by atoms with Gasteiger partial charge in [0.25, 0.3) is 0 Å². The van der Waals surface area contributed by atoms with E-state index in [2.05, 4.69) is 41.6 Å². The third-order valence-corrected chi connectivity index (χ3v) is 4.20. The van der Waals surface area contributed by atoms with Crippen molar-refractivity contribution in [3.8, 4) is 0 Å². The first-order chi connectivity index (χ1) is 7.78. The predicted molar refractivity (Wildman–Crippen MR) is 70.7 cm³/mol. The maximum absolute atomic E-state index is 5.28. The second-order valence-electron chi connectivity index (χ2n) is 3.38. The molecule has 1 heterocycles. The van der Waals surface area contributed by atoms with E-state index in [-0.39, 0.29) is 0 Å². The predicted octanol–water partition coefficient (Wildman–Crippen LogP) is 3.03. The molecule has 0 atom stereocenters. The summed E-state index contributed by atoms with van der Waals surface area (Å²) < 4.78 is 0. The van der Waals surface area contributed by atoms with Gasteiger partial charge >= 0.3 is 0 Å². The zero-order valence-electron chi connectivity index (χ0n) is 8.93. The van der Waals surface area contributed by atoms with Crippen molar-refractivity contribution < 1.29 is 0 Å². The highest BCUT2D eigenvalue weighted by atomic mass is 32.2. The standard InChI is InChI=1S/C11H13N3S2/c1-8-3-2-4-9(5-8)15-7-10-6-13-11(14-12)16-10/h2-6H,7,12H2,1H3,(H,13,14). The first-order valence-electron chi connectivity index (χ1n) is 4.89. The molecule has 3 nitrogen and oxygen atoms in total. The van der Waals surface area contributed by atoms with Gasteiger partial charge < -0.3 is 0 Å². The highest BCUT2D eigenvalue weighted by molar-refractivity contribution is 7.98. The van der Waals surface area contributed by atoms with E-state index in [9.17, 15) is 0 Å². The number of anilines is 1. The van der Waals surface area contributed by atoms with Gasteiger partial charge in [0.15, 0.2) is 5.13 Å². The smallest absolute Gasteiger partial charge is 0.197 e. The molecule has 0 spiro atoms. The van der Waals surface area contributed by atoms with Gasteiger partial charge in [-0.05, 0) is 19.1 Å². The molecule has 16 heavy (non-hydrogen) atoms. The molecule has 0 aliphatic carbocycles. The molecule has 0 radical (unpaired) electrons. The van der Waals surface area contributed by atoms with Crippen LogP contribution in [0.15, 0.2) is 35.4 Å². The minimum atomic E-state index is 0.764. The molecule has 2 rings (SSSR count). The van der Waals surface area contributed by atoms with Crippen LogP contribution in [0.25, 0.3) is 0 Å². The van der Waals surface area contributed by atoms with Crippen molar-refractivity contribution in [1.82, 2.24) is 4.98 Å². The summed E-state index contributed by atoms with van der Waals surface area (Å²) in [5.74, 6) is 6.21. The van der Waals surface area contributed by atoms with Gasteiger partial charge in [0.2, 0.25) is 0 Å². The molecule has 0 aliphatic rings. The largest absolute Gasteiger partial charge is 0.300 e. The lowest BCUT2D eigenvalue weighted by Gasteiger charge is -2.00. The van der Waals surface area contributed by atoms with Gasteiger partial charge in [-0.25, -0.2) is 10.8 Å². The zero-order chi connectivity index (χ0) is 11.4. The number of nitrogens with zero attached hydrogens (tertiary/aromatic N) is 1. The third kappa shape index (κ3) is 2.98. The Morgan fingerprint density at radius 1 is 1.50 bits per heavy atom. The summed E-state index contributed by atoms with van der Waals surface area (Å²) in [5.41, 5.74) is 3.84. The summed E-state index contributed by atoms with van der Waals surface area (Å²) in [4.78, 5) is 6.64. The highest BCUT2D eigenvalue weighted by Gasteiger charge is 2.01. The summed E-state index contributed by atoms with van der Waals surface area (Å²) in [6, 6.07) is 8.50. The Hall–Kier alpha value is -1.04. The van der Waals surface area contributed by atoms with Gasteiger partial charge in [-0.1, -0.05) is 17.7 Å². The SMILES string of the molecule is Cc1cccc(SCc2cnc(NN)s2)c1. The molecular weight excluding hydrogens is 238 g/mol. The van der Waals surface area contributed by atoms with Crippen LogP contribution in [0.5, 0.6) is 0 Å². The fourth-order valence-electron chi connectivity index (χ4n) is 1.30. The molecule has 84 valence electrons. The second-order valence-corrected chi connectivity index (χ2v) is 5.55. The second kappa shape index (κ2) is 5.34. The zero-order valence-corrected chi connectivity index (χ0v) is 10.6. The van der Waals surface area contributed by atoms with Crippen LogP contribution >= 0.6 is 23.1 Å². The average Bonchev–Trinajstić information content (AvgIpc) is 2.74. The fraction of sp³-hybridized carbons (Fsp3) is 0.182. The summed E-state index contributed by atoms with van der Waals surface area (Å²) in [6.07, 6.45) is 1.86. The molecule has 5 heteroatoms. The molecule has 0 fully saturated rings. The lowest BCUT2D eigenvalue weighted by Crippen LogP contribution is -2.05. The number of benzene rings is 1. The molecule has 0 unspecified atom stereocenters. The number of aryl methyl sites for hydroxylation is 1. The van der Waals surface area contributed by atoms with Crippen LogP contribution in [0.4, 0.5) is 5.13 Å². The van der Waals surface area contributed by atoms with Crippen LogP contribution in [0, 0.1) is 6.92 Å². The van der Waals surface area contributed by atoms with Crippen molar-refractivity contribution in [2.45, 2.75) is 17.6 Å². The van der Waals surface area contributed by atoms with Crippen LogP contribution in [0.2, 0.25) is 0 Å². The number of hydrazine groups is 1. The van der Waals surface area contributed by atoms with Crippen LogP contribution in [0.3, 0.4) is 0 Å². The van der Waals surface area contributed by atoms with Gasteiger partial charge in [0.05, 0.1) is 0 Å². The van der Waals surface area contributed by atoms with E-state index in [4.69, 9.17) is 5.84 Å². The number of nitrogen functional groups attached to an aromatic ring is 1. The Morgan fingerprint density at radius 3 is 3.06 bits per heavy atom. The van der Waals surface area contributed by atoms with Crippen LogP contribution < -0.4 is 11.3 Å². The third-order valence-electron chi connectivity index (χ3n) is 2.05. The van der Waals surface area contributed by atoms with Gasteiger partial charge in [-0.15, -0.1) is 23.1 Å². The topological polar surface area (TPSA) is 50.9 Å². The minimum absolute atomic E-state index is 0.764. The van der Waals surface area contributed by atoms with E-state index in [0.717, 1.165) is 10.9 Å². The molecule has 0 aliphatic heterocycles. The number of nitrogens with two attached hydrogens (primary N) is 1. The van der Waals surface area contributed by atoms with Gasteiger partial charge in [-0.3, -0.25) is 5.43 Å². The number of nitrogens with one attached hydrogen (secondary N) is 1. The molecule has 1 aromatic heterocycles. The normalized spacial score (nSPS) is 10.4. The van der Waals surface area contributed by atoms with Crippen LogP contribution in [-0.4, -0.2) is 4.98 Å². The quantitative estimate of drug-likeness (QED) is 0.498. The fourth-order valence-corrected chi connectivity index (χ4v) is 3.06. The van der Waals surface area contributed by atoms with Gasteiger partial charge in [0.1, 0.15) is 0 Å². The number of thioether (sulfide) groups is 1. The van der Waals surface area contributed by atoms with Crippen molar-refractivity contribution >= 4 is 28.2 Å². The monoisotopic (exact) mass is 251 g/mol. The van der Waals surface area contributed by atoms with Crippen molar-refractivity contribution in [3.63, 3.8) is 0 Å². The number of aromatic nitrogens is 1. The molecule has 0 saturated heterocycles. The summed E-state index contributed by atoms with van der Waals surface area (Å²) in [6.45, 7) is 2.10. The van der Waals surface area contributed by atoms with Gasteiger partial charge in [0, 0.05) is 21.7 Å². The average molecular weight is 251 g/mol. The Balaban J connectivity index is 1.96. The van der Waals surface area contributed by atoms with Crippen molar-refractivity contribution in [2.75, 3.05) is 5.43 Å². The van der Waals surface area contributed by atoms with E-state index in [0.29, 0.717) is 0 Å². The number of rotatable bonds is 4. The molecule has 0 amide bonds. The summed E-state index contributed by atoms with van der Waals surface area (Å²) >= 11 is 3.40. The first kappa shape index (κ1) is 11.4. The van der Waals surface area contributed by atoms with E-state index in [1.54, 1.807) is 11.3 Å². The Bertz CT molecular complexity index is 468. The number of thiazole rings is 1. The van der Waals surface area contributed by atoms with Crippen LogP contribution in [0.1, 0.15) is 10.4 Å². The Kier molecular flexibility index (Phi) is 3.82. The molecule has 0 saturated carbocycles. The molecule has 1 aromatic carbocycles. The lowest BCUT2D eigenvalue weighted by molar-refractivity contribution is 1.28. The molecular formula is C11H13N3S2. The van der Waals surface area contributed by atoms with E-state index in [1.807, 2.05) is 18.0 Å². The Labute approximate surface area is 103 Å². The minimum Gasteiger partial charge on any atom is -0.300 e. The molecule has 0 bridgehead atoms. The first-order valence-corrected chi connectivity index (χ1v) is 6.69. The van der Waals surface area contributed by atoms with E-state index >= 15 is 0 Å². The van der Waals surface area contributed by atoms with Crippen LogP contribution in [-0.2, 0) is 5.75 Å². The van der Waals surface area contributed by atoms with Crippen molar-refractivity contribution in [1.29, 1.82) is 0 Å². The number of hydrogen-bond donors (Lipinski definition) is 2. The highest BCUT2D eigenvalue weighted by Crippen LogP contribution is 2.27. The Morgan fingerprint density at radius 2 is 2.38 bits per heavy atom. The lowest BCUT2D eigenvalue weighted by atomic mass is 10.2. The molecule has 3 N–H and O–H groups in total. The maximum Gasteiger partial charge on any atom is 0.197 e. The van der Waals surface area contributed by atoms with E-state index in [1.165, 1.54) is 15.3 Å². The molecule has 2 aromatic rings. The summed E-state index contributed by atoms with van der Waals surface area (Å²) in [5, 5.41) is 0.764. The van der Waals surface area contributed by atoms with Crippen molar-refractivity contribution in [2.24, 2.45) is 5.84 Å².